The Morgan fingerprint density at radius 3 is 2.00 bits per heavy atom. The van der Waals surface area contributed by atoms with E-state index in [4.69, 9.17) is 9.47 Å². The van der Waals surface area contributed by atoms with Crippen molar-refractivity contribution in [2.45, 2.75) is 66.2 Å². The second-order valence-electron chi connectivity index (χ2n) is 10.7. The van der Waals surface area contributed by atoms with Crippen LogP contribution in [0.2, 0.25) is 0 Å². The molecule has 2 unspecified atom stereocenters. The van der Waals surface area contributed by atoms with Crippen LogP contribution in [0.25, 0.3) is 0 Å². The first-order chi connectivity index (χ1) is 16.1. The van der Waals surface area contributed by atoms with Crippen molar-refractivity contribution in [3.05, 3.63) is 94.5 Å². The highest BCUT2D eigenvalue weighted by Crippen LogP contribution is 2.53. The Morgan fingerprint density at radius 1 is 0.794 bits per heavy atom. The maximum Gasteiger partial charge on any atom is 0.519 e. The molecule has 3 aromatic carbocycles. The molecular formula is C31H36O3. The Kier molecular flexibility index (Phi) is 6.58. The normalized spacial score (nSPS) is 21.6. The van der Waals surface area contributed by atoms with Gasteiger partial charge in [-0.25, -0.2) is 4.79 Å². The molecule has 0 N–H and O–H groups in total. The molecule has 0 amide bonds. The SMILES string of the molecule is Cc1ccc(OC(=O)Oc2ccc(C3(c4ccccc4)CCC(C)(C)C(C)C3)cc2C)c(C)c1. The molecule has 2 atom stereocenters. The molecule has 1 aliphatic carbocycles. The van der Waals surface area contributed by atoms with E-state index in [1.165, 1.54) is 17.5 Å². The molecule has 4 rings (SSSR count). The van der Waals surface area contributed by atoms with Gasteiger partial charge in [-0.3, -0.25) is 0 Å². The summed E-state index contributed by atoms with van der Waals surface area (Å²) >= 11 is 0. The van der Waals surface area contributed by atoms with E-state index in [0.717, 1.165) is 29.5 Å². The van der Waals surface area contributed by atoms with Crippen molar-refractivity contribution in [3.8, 4) is 11.5 Å². The third-order valence-corrected chi connectivity index (χ3v) is 7.96. The predicted molar refractivity (Wildman–Crippen MR) is 138 cm³/mol. The van der Waals surface area contributed by atoms with Crippen molar-refractivity contribution in [1.29, 1.82) is 0 Å². The summed E-state index contributed by atoms with van der Waals surface area (Å²) in [6, 6.07) is 22.8. The molecule has 1 aliphatic rings. The Hall–Kier alpha value is -3.07. The van der Waals surface area contributed by atoms with E-state index in [0.29, 0.717) is 22.8 Å². The Labute approximate surface area is 204 Å². The smallest absolute Gasteiger partial charge is 0.394 e. The molecule has 3 aromatic rings. The zero-order valence-corrected chi connectivity index (χ0v) is 21.3. The van der Waals surface area contributed by atoms with Crippen molar-refractivity contribution in [2.75, 3.05) is 0 Å². The van der Waals surface area contributed by atoms with E-state index in [9.17, 15) is 4.79 Å². The van der Waals surface area contributed by atoms with Gasteiger partial charge in [-0.15, -0.1) is 0 Å². The van der Waals surface area contributed by atoms with Crippen LogP contribution >= 0.6 is 0 Å². The van der Waals surface area contributed by atoms with Gasteiger partial charge in [0.2, 0.25) is 0 Å². The van der Waals surface area contributed by atoms with Gasteiger partial charge < -0.3 is 9.47 Å². The van der Waals surface area contributed by atoms with Gasteiger partial charge in [-0.2, -0.15) is 0 Å². The molecule has 0 bridgehead atoms. The molecule has 0 heterocycles. The molecular weight excluding hydrogens is 420 g/mol. The van der Waals surface area contributed by atoms with Crippen LogP contribution in [0.4, 0.5) is 4.79 Å². The fraction of sp³-hybridized carbons (Fsp3) is 0.387. The number of carbonyl (C=O) groups excluding carboxylic acids is 1. The number of aryl methyl sites for hydroxylation is 3. The van der Waals surface area contributed by atoms with Crippen LogP contribution in [0.15, 0.2) is 66.7 Å². The number of hydrogen-bond acceptors (Lipinski definition) is 3. The van der Waals surface area contributed by atoms with Gasteiger partial charge in [0.15, 0.2) is 0 Å². The quantitative estimate of drug-likeness (QED) is 0.292. The van der Waals surface area contributed by atoms with E-state index < -0.39 is 6.16 Å². The third kappa shape index (κ3) is 4.75. The van der Waals surface area contributed by atoms with Crippen LogP contribution in [0, 0.1) is 32.1 Å². The highest BCUT2D eigenvalue weighted by molar-refractivity contribution is 5.68. The second-order valence-corrected chi connectivity index (χ2v) is 10.7. The summed E-state index contributed by atoms with van der Waals surface area (Å²) in [5.74, 6) is 1.64. The Balaban J connectivity index is 1.60. The number of ether oxygens (including phenoxy) is 2. The standard InChI is InChI=1S/C31H36O3/c1-21-12-14-27(22(2)18-21)33-29(32)34-28-15-13-26(19-23(28)3)31(25-10-8-7-9-11-25)17-16-30(5,6)24(4)20-31/h7-15,18-19,24H,16-17,20H2,1-6H3. The summed E-state index contributed by atoms with van der Waals surface area (Å²) in [4.78, 5) is 12.5. The lowest BCUT2D eigenvalue weighted by Crippen LogP contribution is -2.41. The highest BCUT2D eigenvalue weighted by Gasteiger charge is 2.44. The molecule has 0 aliphatic heterocycles. The number of benzene rings is 3. The van der Waals surface area contributed by atoms with Crippen LogP contribution in [0.1, 0.15) is 67.9 Å². The number of hydrogen-bond donors (Lipinski definition) is 0. The molecule has 1 saturated carbocycles. The first-order valence-corrected chi connectivity index (χ1v) is 12.2. The van der Waals surface area contributed by atoms with E-state index in [1.54, 1.807) is 6.07 Å². The summed E-state index contributed by atoms with van der Waals surface area (Å²) in [5.41, 5.74) is 5.89. The minimum Gasteiger partial charge on any atom is -0.394 e. The minimum atomic E-state index is -0.714. The number of rotatable bonds is 4. The van der Waals surface area contributed by atoms with Crippen LogP contribution < -0.4 is 9.47 Å². The monoisotopic (exact) mass is 456 g/mol. The maximum absolute atomic E-state index is 12.5. The molecule has 3 nitrogen and oxygen atoms in total. The van der Waals surface area contributed by atoms with Gasteiger partial charge in [0.05, 0.1) is 0 Å². The van der Waals surface area contributed by atoms with Crippen LogP contribution in [0.3, 0.4) is 0 Å². The number of carbonyl (C=O) groups is 1. The van der Waals surface area contributed by atoms with E-state index in [-0.39, 0.29) is 5.41 Å². The van der Waals surface area contributed by atoms with Crippen LogP contribution in [0.5, 0.6) is 11.5 Å². The van der Waals surface area contributed by atoms with Crippen molar-refractivity contribution < 1.29 is 14.3 Å². The molecule has 0 saturated heterocycles. The lowest BCUT2D eigenvalue weighted by molar-refractivity contribution is 0.107. The van der Waals surface area contributed by atoms with Crippen molar-refractivity contribution in [1.82, 2.24) is 0 Å². The summed E-state index contributed by atoms with van der Waals surface area (Å²) < 4.78 is 11.1. The second kappa shape index (κ2) is 9.29. The summed E-state index contributed by atoms with van der Waals surface area (Å²) in [6.45, 7) is 13.1. The molecule has 34 heavy (non-hydrogen) atoms. The van der Waals surface area contributed by atoms with E-state index in [1.807, 2.05) is 39.0 Å². The van der Waals surface area contributed by atoms with Gasteiger partial charge in [-0.1, -0.05) is 80.9 Å². The minimum absolute atomic E-state index is 0.0427. The van der Waals surface area contributed by atoms with Gasteiger partial charge in [0, 0.05) is 5.41 Å². The first kappa shape index (κ1) is 24.1. The highest BCUT2D eigenvalue weighted by atomic mass is 16.7. The largest absolute Gasteiger partial charge is 0.519 e. The fourth-order valence-electron chi connectivity index (χ4n) is 5.31. The van der Waals surface area contributed by atoms with E-state index >= 15 is 0 Å². The molecule has 0 spiro atoms. The zero-order chi connectivity index (χ0) is 24.5. The van der Waals surface area contributed by atoms with Crippen molar-refractivity contribution in [3.63, 3.8) is 0 Å². The molecule has 0 aromatic heterocycles. The average molecular weight is 457 g/mol. The van der Waals surface area contributed by atoms with Gasteiger partial charge in [0.1, 0.15) is 11.5 Å². The molecule has 0 radical (unpaired) electrons. The third-order valence-electron chi connectivity index (χ3n) is 7.96. The molecule has 1 fully saturated rings. The lowest BCUT2D eigenvalue weighted by atomic mass is 9.55. The zero-order valence-electron chi connectivity index (χ0n) is 21.3. The molecule has 178 valence electrons. The van der Waals surface area contributed by atoms with Crippen LogP contribution in [-0.2, 0) is 5.41 Å². The Morgan fingerprint density at radius 2 is 1.41 bits per heavy atom. The summed E-state index contributed by atoms with van der Waals surface area (Å²) in [6.07, 6.45) is 2.65. The van der Waals surface area contributed by atoms with Gasteiger partial charge in [0.25, 0.3) is 0 Å². The van der Waals surface area contributed by atoms with Gasteiger partial charge in [-0.05, 0) is 85.8 Å². The topological polar surface area (TPSA) is 35.5 Å². The first-order valence-electron chi connectivity index (χ1n) is 12.2. The Bertz CT molecular complexity index is 1180. The van der Waals surface area contributed by atoms with Crippen LogP contribution in [-0.4, -0.2) is 6.16 Å². The fourth-order valence-corrected chi connectivity index (χ4v) is 5.31. The lowest BCUT2D eigenvalue weighted by Gasteiger charge is -2.48. The summed E-state index contributed by atoms with van der Waals surface area (Å²) in [5, 5.41) is 0. The van der Waals surface area contributed by atoms with E-state index in [2.05, 4.69) is 63.2 Å². The van der Waals surface area contributed by atoms with Gasteiger partial charge >= 0.3 is 6.16 Å². The average Bonchev–Trinajstić information content (AvgIpc) is 2.80. The van der Waals surface area contributed by atoms with Crippen molar-refractivity contribution in [2.24, 2.45) is 11.3 Å². The summed E-state index contributed by atoms with van der Waals surface area (Å²) in [7, 11) is 0. The van der Waals surface area contributed by atoms with Crippen molar-refractivity contribution >= 4 is 6.16 Å². The molecule has 3 heteroatoms. The maximum atomic E-state index is 12.5. The predicted octanol–water partition coefficient (Wildman–Crippen LogP) is 8.32.